The Balaban J connectivity index is 2.47. The maximum Gasteiger partial charge on any atom is 0.330 e. The number of carbonyl (C=O) groups excluding carboxylic acids is 1. The number of rotatable bonds is 7. The minimum absolute atomic E-state index is 0.0311. The number of amides is 1. The zero-order valence-corrected chi connectivity index (χ0v) is 13.9. The summed E-state index contributed by atoms with van der Waals surface area (Å²) in [6, 6.07) is 0. The lowest BCUT2D eigenvalue weighted by Gasteiger charge is -2.31. The van der Waals surface area contributed by atoms with Gasteiger partial charge >= 0.3 is 5.69 Å². The molecule has 1 aliphatic carbocycles. The fourth-order valence-electron chi connectivity index (χ4n) is 2.81. The molecule has 128 valence electrons. The average Bonchev–Trinajstić information content (AvgIpc) is 2.44. The van der Waals surface area contributed by atoms with Gasteiger partial charge in [-0.2, -0.15) is 0 Å². The molecule has 0 aromatic carbocycles. The van der Waals surface area contributed by atoms with Crippen molar-refractivity contribution in [1.82, 2.24) is 9.55 Å². The zero-order valence-electron chi connectivity index (χ0n) is 13.9. The van der Waals surface area contributed by atoms with Crippen LogP contribution in [0.5, 0.6) is 0 Å². The number of aromatic amines is 1. The quantitative estimate of drug-likeness (QED) is 0.793. The van der Waals surface area contributed by atoms with Crippen LogP contribution in [-0.2, 0) is 11.3 Å². The largest absolute Gasteiger partial charge is 0.383 e. The normalized spacial score (nSPS) is 14.5. The van der Waals surface area contributed by atoms with Crippen molar-refractivity contribution in [3.8, 4) is 0 Å². The van der Waals surface area contributed by atoms with E-state index in [1.54, 1.807) is 0 Å². The van der Waals surface area contributed by atoms with E-state index in [2.05, 4.69) is 4.98 Å². The SMILES string of the molecule is CCCCn1c(N)c(N(CCC)C(=O)C2CCC2)c(=O)[nH]c1=O. The molecule has 0 spiro atoms. The molecule has 7 nitrogen and oxygen atoms in total. The maximum atomic E-state index is 12.7. The van der Waals surface area contributed by atoms with Gasteiger partial charge in [0.2, 0.25) is 5.91 Å². The fourth-order valence-corrected chi connectivity index (χ4v) is 2.81. The van der Waals surface area contributed by atoms with Crippen LogP contribution in [-0.4, -0.2) is 22.0 Å². The number of nitrogens with two attached hydrogens (primary N) is 1. The third-order valence-corrected chi connectivity index (χ3v) is 4.39. The molecule has 0 bridgehead atoms. The van der Waals surface area contributed by atoms with Gasteiger partial charge in [0.1, 0.15) is 5.82 Å². The third kappa shape index (κ3) is 3.48. The number of aromatic nitrogens is 2. The van der Waals surface area contributed by atoms with Crippen LogP contribution in [0.3, 0.4) is 0 Å². The molecule has 0 saturated heterocycles. The molecule has 23 heavy (non-hydrogen) atoms. The highest BCUT2D eigenvalue weighted by molar-refractivity contribution is 5.97. The Hall–Kier alpha value is -2.05. The second-order valence-electron chi connectivity index (χ2n) is 6.12. The highest BCUT2D eigenvalue weighted by Gasteiger charge is 2.32. The smallest absolute Gasteiger partial charge is 0.330 e. The molecule has 7 heteroatoms. The van der Waals surface area contributed by atoms with E-state index >= 15 is 0 Å². The molecule has 1 aromatic rings. The van der Waals surface area contributed by atoms with Gasteiger partial charge in [-0.25, -0.2) is 4.79 Å². The van der Waals surface area contributed by atoms with Gasteiger partial charge in [0, 0.05) is 19.0 Å². The summed E-state index contributed by atoms with van der Waals surface area (Å²) in [6.45, 7) is 4.81. The molecule has 1 aliphatic rings. The number of hydrogen-bond donors (Lipinski definition) is 2. The predicted molar refractivity (Wildman–Crippen MR) is 90.6 cm³/mol. The summed E-state index contributed by atoms with van der Waals surface area (Å²) in [6.07, 6.45) is 5.14. The summed E-state index contributed by atoms with van der Waals surface area (Å²) < 4.78 is 1.36. The van der Waals surface area contributed by atoms with E-state index in [1.165, 1.54) is 9.47 Å². The van der Waals surface area contributed by atoms with E-state index < -0.39 is 11.2 Å². The molecule has 1 heterocycles. The number of hydrogen-bond acceptors (Lipinski definition) is 4. The first-order valence-corrected chi connectivity index (χ1v) is 8.45. The van der Waals surface area contributed by atoms with Crippen molar-refractivity contribution >= 4 is 17.4 Å². The number of nitrogens with zero attached hydrogens (tertiary/aromatic N) is 2. The van der Waals surface area contributed by atoms with E-state index in [4.69, 9.17) is 5.73 Å². The van der Waals surface area contributed by atoms with Crippen molar-refractivity contribution in [2.75, 3.05) is 17.2 Å². The summed E-state index contributed by atoms with van der Waals surface area (Å²) in [5, 5.41) is 0. The van der Waals surface area contributed by atoms with Gasteiger partial charge in [0.15, 0.2) is 5.69 Å². The second kappa shape index (κ2) is 7.48. The van der Waals surface area contributed by atoms with Gasteiger partial charge < -0.3 is 10.6 Å². The summed E-state index contributed by atoms with van der Waals surface area (Å²) in [5.74, 6) is 0.000633. The van der Waals surface area contributed by atoms with Gasteiger partial charge in [-0.15, -0.1) is 0 Å². The highest BCUT2D eigenvalue weighted by Crippen LogP contribution is 2.30. The average molecular weight is 322 g/mol. The van der Waals surface area contributed by atoms with Crippen molar-refractivity contribution in [1.29, 1.82) is 0 Å². The molecular formula is C16H26N4O3. The number of nitrogen functional groups attached to an aromatic ring is 1. The van der Waals surface area contributed by atoms with Gasteiger partial charge in [0.05, 0.1) is 0 Å². The Bertz CT molecular complexity index is 673. The van der Waals surface area contributed by atoms with Crippen molar-refractivity contribution in [2.24, 2.45) is 5.92 Å². The Kier molecular flexibility index (Phi) is 5.63. The van der Waals surface area contributed by atoms with Crippen LogP contribution in [0.25, 0.3) is 0 Å². The predicted octanol–water partition coefficient (Wildman–Crippen LogP) is 1.46. The Labute approximate surface area is 135 Å². The van der Waals surface area contributed by atoms with Crippen LogP contribution in [0.1, 0.15) is 52.4 Å². The van der Waals surface area contributed by atoms with Crippen molar-refractivity contribution in [2.45, 2.75) is 58.9 Å². The molecule has 1 fully saturated rings. The molecule has 0 unspecified atom stereocenters. The Morgan fingerprint density at radius 1 is 1.30 bits per heavy atom. The summed E-state index contributed by atoms with van der Waals surface area (Å²) >= 11 is 0. The number of H-pyrrole nitrogens is 1. The standard InChI is InChI=1S/C16H26N4O3/c1-3-5-10-20-13(17)12(14(21)18-16(20)23)19(9-4-2)15(22)11-7-6-8-11/h11H,3-10,17H2,1-2H3,(H,18,21,23). The molecule has 0 aliphatic heterocycles. The fraction of sp³-hybridized carbons (Fsp3) is 0.688. The summed E-state index contributed by atoms with van der Waals surface area (Å²) in [5.41, 5.74) is 5.13. The topological polar surface area (TPSA) is 101 Å². The molecule has 3 N–H and O–H groups in total. The number of unbranched alkanes of at least 4 members (excludes halogenated alkanes) is 1. The lowest BCUT2D eigenvalue weighted by molar-refractivity contribution is -0.124. The Morgan fingerprint density at radius 2 is 2.00 bits per heavy atom. The van der Waals surface area contributed by atoms with Crippen LogP contribution in [0.2, 0.25) is 0 Å². The lowest BCUT2D eigenvalue weighted by atomic mass is 9.84. The monoisotopic (exact) mass is 322 g/mol. The van der Waals surface area contributed by atoms with Crippen molar-refractivity contribution < 1.29 is 4.79 Å². The first kappa shape index (κ1) is 17.3. The van der Waals surface area contributed by atoms with Crippen molar-refractivity contribution in [3.63, 3.8) is 0 Å². The van der Waals surface area contributed by atoms with E-state index in [0.717, 1.165) is 32.1 Å². The van der Waals surface area contributed by atoms with E-state index in [0.29, 0.717) is 19.5 Å². The van der Waals surface area contributed by atoms with Gasteiger partial charge in [-0.3, -0.25) is 19.1 Å². The molecule has 0 radical (unpaired) electrons. The molecule has 1 aromatic heterocycles. The minimum Gasteiger partial charge on any atom is -0.383 e. The Morgan fingerprint density at radius 3 is 2.52 bits per heavy atom. The minimum atomic E-state index is -0.582. The van der Waals surface area contributed by atoms with E-state index in [-0.39, 0.29) is 23.3 Å². The first-order valence-electron chi connectivity index (χ1n) is 8.45. The third-order valence-electron chi connectivity index (χ3n) is 4.39. The van der Waals surface area contributed by atoms with E-state index in [9.17, 15) is 14.4 Å². The first-order chi connectivity index (χ1) is 11.0. The van der Waals surface area contributed by atoms with Gasteiger partial charge in [-0.1, -0.05) is 26.7 Å². The van der Waals surface area contributed by atoms with Crippen LogP contribution >= 0.6 is 0 Å². The highest BCUT2D eigenvalue weighted by atomic mass is 16.2. The van der Waals surface area contributed by atoms with Crippen LogP contribution < -0.4 is 21.9 Å². The molecule has 2 rings (SSSR count). The summed E-state index contributed by atoms with van der Waals surface area (Å²) in [7, 11) is 0. The van der Waals surface area contributed by atoms with E-state index in [1.807, 2.05) is 13.8 Å². The van der Waals surface area contributed by atoms with Crippen LogP contribution in [0, 0.1) is 5.92 Å². The van der Waals surface area contributed by atoms with Crippen LogP contribution in [0.15, 0.2) is 9.59 Å². The second-order valence-corrected chi connectivity index (χ2v) is 6.12. The molecule has 1 saturated carbocycles. The molecule has 0 atom stereocenters. The van der Waals surface area contributed by atoms with Gasteiger partial charge in [-0.05, 0) is 25.7 Å². The van der Waals surface area contributed by atoms with Gasteiger partial charge in [0.25, 0.3) is 5.56 Å². The number of nitrogens with one attached hydrogen (secondary N) is 1. The van der Waals surface area contributed by atoms with Crippen LogP contribution in [0.4, 0.5) is 11.5 Å². The number of carbonyl (C=O) groups is 1. The summed E-state index contributed by atoms with van der Waals surface area (Å²) in [4.78, 5) is 40.7. The maximum absolute atomic E-state index is 12.7. The molecule has 1 amide bonds. The lowest BCUT2D eigenvalue weighted by Crippen LogP contribution is -2.45. The number of anilines is 2. The molecular weight excluding hydrogens is 296 g/mol. The van der Waals surface area contributed by atoms with Crippen molar-refractivity contribution in [3.05, 3.63) is 20.8 Å². The zero-order chi connectivity index (χ0) is 17.0.